The van der Waals surface area contributed by atoms with Crippen LogP contribution in [-0.2, 0) is 6.42 Å². The molecule has 0 saturated heterocycles. The van der Waals surface area contributed by atoms with Crippen molar-refractivity contribution in [3.05, 3.63) is 35.9 Å². The summed E-state index contributed by atoms with van der Waals surface area (Å²) < 4.78 is 0. The van der Waals surface area contributed by atoms with Crippen LogP contribution in [-0.4, -0.2) is 30.6 Å². The molecule has 1 rings (SSSR count). The van der Waals surface area contributed by atoms with Gasteiger partial charge in [-0.25, -0.2) is 0 Å². The van der Waals surface area contributed by atoms with Crippen LogP contribution in [0.4, 0.5) is 0 Å². The molecular formula is C16H28N2. The molecule has 2 nitrogen and oxygen atoms in total. The van der Waals surface area contributed by atoms with Crippen LogP contribution < -0.4 is 5.73 Å². The lowest BCUT2D eigenvalue weighted by Crippen LogP contribution is -2.52. The summed E-state index contributed by atoms with van der Waals surface area (Å²) in [5.74, 6) is 0. The van der Waals surface area contributed by atoms with Crippen molar-refractivity contribution in [1.29, 1.82) is 0 Å². The van der Waals surface area contributed by atoms with Crippen LogP contribution in [0.1, 0.15) is 33.3 Å². The fraction of sp³-hybridized carbons (Fsp3) is 0.625. The highest BCUT2D eigenvalue weighted by Gasteiger charge is 2.34. The minimum atomic E-state index is -0.159. The van der Waals surface area contributed by atoms with Crippen LogP contribution in [0.25, 0.3) is 0 Å². The third-order valence-electron chi connectivity index (χ3n) is 4.03. The topological polar surface area (TPSA) is 29.3 Å². The van der Waals surface area contributed by atoms with Gasteiger partial charge in [-0.1, -0.05) is 44.2 Å². The van der Waals surface area contributed by atoms with Crippen molar-refractivity contribution in [1.82, 2.24) is 4.90 Å². The van der Waals surface area contributed by atoms with Gasteiger partial charge in [0.25, 0.3) is 0 Å². The van der Waals surface area contributed by atoms with Gasteiger partial charge in [0.15, 0.2) is 0 Å². The molecular weight excluding hydrogens is 220 g/mol. The first-order chi connectivity index (χ1) is 8.22. The Labute approximate surface area is 112 Å². The Kier molecular flexibility index (Phi) is 4.94. The van der Waals surface area contributed by atoms with Crippen molar-refractivity contribution >= 4 is 0 Å². The Morgan fingerprint density at radius 3 is 2.11 bits per heavy atom. The van der Waals surface area contributed by atoms with E-state index in [-0.39, 0.29) is 11.0 Å². The maximum absolute atomic E-state index is 6.24. The first-order valence-electron chi connectivity index (χ1n) is 6.74. The van der Waals surface area contributed by atoms with Gasteiger partial charge in [-0.2, -0.15) is 0 Å². The van der Waals surface area contributed by atoms with Gasteiger partial charge in [0.2, 0.25) is 0 Å². The summed E-state index contributed by atoms with van der Waals surface area (Å²) in [6.45, 7) is 10.8. The van der Waals surface area contributed by atoms with Crippen LogP contribution in [0, 0.1) is 5.41 Å². The number of hydrogen-bond acceptors (Lipinski definition) is 2. The fourth-order valence-corrected chi connectivity index (χ4v) is 1.92. The molecule has 0 aliphatic rings. The summed E-state index contributed by atoms with van der Waals surface area (Å²) in [5.41, 5.74) is 7.59. The Bertz CT molecular complexity index is 349. The van der Waals surface area contributed by atoms with E-state index in [9.17, 15) is 0 Å². The van der Waals surface area contributed by atoms with Gasteiger partial charge in [-0.15, -0.1) is 0 Å². The largest absolute Gasteiger partial charge is 0.325 e. The summed E-state index contributed by atoms with van der Waals surface area (Å²) >= 11 is 0. The van der Waals surface area contributed by atoms with Crippen molar-refractivity contribution in [2.75, 3.05) is 20.1 Å². The molecule has 18 heavy (non-hydrogen) atoms. The van der Waals surface area contributed by atoms with E-state index in [4.69, 9.17) is 5.73 Å². The fourth-order valence-electron chi connectivity index (χ4n) is 1.92. The molecule has 1 aromatic rings. The zero-order valence-electron chi connectivity index (χ0n) is 12.5. The molecule has 0 spiro atoms. The second kappa shape index (κ2) is 5.85. The average molecular weight is 248 g/mol. The molecule has 0 amide bonds. The number of likely N-dealkylation sites (N-methyl/N-ethyl adjacent to an activating group) is 1. The van der Waals surface area contributed by atoms with Crippen LogP contribution in [0.5, 0.6) is 0 Å². The highest BCUT2D eigenvalue weighted by Crippen LogP contribution is 2.28. The summed E-state index contributed by atoms with van der Waals surface area (Å²) in [6, 6.07) is 10.6. The van der Waals surface area contributed by atoms with Crippen LogP contribution >= 0.6 is 0 Å². The Morgan fingerprint density at radius 1 is 1.06 bits per heavy atom. The van der Waals surface area contributed by atoms with Crippen molar-refractivity contribution in [2.24, 2.45) is 11.1 Å². The third-order valence-corrected chi connectivity index (χ3v) is 4.03. The molecule has 2 heteroatoms. The van der Waals surface area contributed by atoms with E-state index in [0.717, 1.165) is 19.5 Å². The Morgan fingerprint density at radius 2 is 1.61 bits per heavy atom. The molecule has 0 unspecified atom stereocenters. The van der Waals surface area contributed by atoms with Gasteiger partial charge in [0, 0.05) is 18.6 Å². The van der Waals surface area contributed by atoms with Gasteiger partial charge in [-0.05, 0) is 38.3 Å². The molecule has 0 fully saturated rings. The van der Waals surface area contributed by atoms with Crippen molar-refractivity contribution in [2.45, 2.75) is 39.7 Å². The number of nitrogens with two attached hydrogens (primary N) is 1. The van der Waals surface area contributed by atoms with E-state index >= 15 is 0 Å². The highest BCUT2D eigenvalue weighted by molar-refractivity contribution is 5.14. The van der Waals surface area contributed by atoms with Crippen molar-refractivity contribution in [3.63, 3.8) is 0 Å². The van der Waals surface area contributed by atoms with E-state index in [1.54, 1.807) is 0 Å². The molecule has 0 aliphatic carbocycles. The smallest absolute Gasteiger partial charge is 0.0161 e. The quantitative estimate of drug-likeness (QED) is 0.838. The van der Waals surface area contributed by atoms with Crippen LogP contribution in [0.15, 0.2) is 30.3 Å². The maximum Gasteiger partial charge on any atom is 0.0161 e. The molecule has 0 aliphatic heterocycles. The monoisotopic (exact) mass is 248 g/mol. The number of benzene rings is 1. The van der Waals surface area contributed by atoms with Gasteiger partial charge < -0.3 is 10.6 Å². The van der Waals surface area contributed by atoms with Gasteiger partial charge >= 0.3 is 0 Å². The highest BCUT2D eigenvalue weighted by atomic mass is 15.1. The first-order valence-corrected chi connectivity index (χ1v) is 6.74. The zero-order valence-corrected chi connectivity index (χ0v) is 12.5. The van der Waals surface area contributed by atoms with E-state index in [1.807, 2.05) is 0 Å². The van der Waals surface area contributed by atoms with Crippen molar-refractivity contribution in [3.8, 4) is 0 Å². The van der Waals surface area contributed by atoms with Crippen LogP contribution in [0.2, 0.25) is 0 Å². The predicted octanol–water partition coefficient (Wildman–Crippen LogP) is 2.92. The number of hydrogen-bond donors (Lipinski definition) is 1. The van der Waals surface area contributed by atoms with E-state index in [0.29, 0.717) is 0 Å². The van der Waals surface area contributed by atoms with E-state index < -0.39 is 0 Å². The second-order valence-corrected chi connectivity index (χ2v) is 6.58. The zero-order chi connectivity index (χ0) is 13.8. The lowest BCUT2D eigenvalue weighted by molar-refractivity contribution is 0.131. The maximum atomic E-state index is 6.24. The van der Waals surface area contributed by atoms with E-state index in [1.165, 1.54) is 5.56 Å². The standard InChI is InChI=1S/C16H28N2/c1-15(2,16(3,4)17)13-18(5)12-11-14-9-7-6-8-10-14/h6-10H,11-13,17H2,1-5H3. The minimum Gasteiger partial charge on any atom is -0.325 e. The van der Waals surface area contributed by atoms with Gasteiger partial charge in [-0.3, -0.25) is 0 Å². The number of nitrogens with zero attached hydrogens (tertiary/aromatic N) is 1. The normalized spacial score (nSPS) is 13.1. The lowest BCUT2D eigenvalue weighted by atomic mass is 9.75. The molecule has 0 aromatic heterocycles. The van der Waals surface area contributed by atoms with Gasteiger partial charge in [0.1, 0.15) is 0 Å². The molecule has 0 radical (unpaired) electrons. The second-order valence-electron chi connectivity index (χ2n) is 6.58. The molecule has 0 saturated carbocycles. The molecule has 102 valence electrons. The average Bonchev–Trinajstić information content (AvgIpc) is 2.26. The van der Waals surface area contributed by atoms with Crippen LogP contribution in [0.3, 0.4) is 0 Å². The third kappa shape index (κ3) is 4.43. The summed E-state index contributed by atoms with van der Waals surface area (Å²) in [4.78, 5) is 2.38. The molecule has 0 atom stereocenters. The molecule has 2 N–H and O–H groups in total. The summed E-state index contributed by atoms with van der Waals surface area (Å²) in [7, 11) is 2.18. The van der Waals surface area contributed by atoms with Crippen molar-refractivity contribution < 1.29 is 0 Å². The number of rotatable bonds is 6. The molecule has 1 aromatic carbocycles. The summed E-state index contributed by atoms with van der Waals surface area (Å²) in [5, 5.41) is 0. The van der Waals surface area contributed by atoms with E-state index in [2.05, 4.69) is 70.0 Å². The predicted molar refractivity (Wildman–Crippen MR) is 79.7 cm³/mol. The molecule has 0 heterocycles. The van der Waals surface area contributed by atoms with Gasteiger partial charge in [0.05, 0.1) is 0 Å². The Balaban J connectivity index is 2.45. The summed E-state index contributed by atoms with van der Waals surface area (Å²) in [6.07, 6.45) is 1.10. The lowest BCUT2D eigenvalue weighted by Gasteiger charge is -2.41. The first kappa shape index (κ1) is 15.2. The minimum absolute atomic E-state index is 0.110. The molecule has 0 bridgehead atoms. The Hall–Kier alpha value is -0.860. The SMILES string of the molecule is CN(CCc1ccccc1)CC(C)(C)C(C)(C)N.